The summed E-state index contributed by atoms with van der Waals surface area (Å²) < 4.78 is 3.98. The highest BCUT2D eigenvalue weighted by Crippen LogP contribution is 2.33. The number of carbonyl (C=O) groups is 1. The van der Waals surface area contributed by atoms with Crippen LogP contribution >= 0.6 is 0 Å². The average molecular weight is 411 g/mol. The molecule has 3 aliphatic rings. The van der Waals surface area contributed by atoms with Crippen LogP contribution in [0.3, 0.4) is 0 Å². The molecule has 0 bridgehead atoms. The summed E-state index contributed by atoms with van der Waals surface area (Å²) in [5.41, 5.74) is 2.73. The van der Waals surface area contributed by atoms with E-state index in [9.17, 15) is 9.59 Å². The van der Waals surface area contributed by atoms with Gasteiger partial charge in [0.15, 0.2) is 0 Å². The summed E-state index contributed by atoms with van der Waals surface area (Å²) in [4.78, 5) is 26.2. The van der Waals surface area contributed by atoms with Crippen LogP contribution < -0.4 is 16.3 Å². The van der Waals surface area contributed by atoms with Gasteiger partial charge in [0.1, 0.15) is 0 Å². The van der Waals surface area contributed by atoms with Gasteiger partial charge in [-0.25, -0.2) is 4.79 Å². The first-order chi connectivity index (χ1) is 14.7. The number of rotatable bonds is 6. The molecule has 30 heavy (non-hydrogen) atoms. The maximum atomic E-state index is 13.4. The highest BCUT2D eigenvalue weighted by Gasteiger charge is 2.27. The van der Waals surface area contributed by atoms with Gasteiger partial charge >= 0.3 is 5.69 Å². The zero-order valence-corrected chi connectivity index (χ0v) is 17.9. The van der Waals surface area contributed by atoms with Crippen LogP contribution in [0.1, 0.15) is 74.2 Å². The van der Waals surface area contributed by atoms with Gasteiger partial charge in [-0.3, -0.25) is 13.9 Å². The van der Waals surface area contributed by atoms with Gasteiger partial charge in [0.2, 0.25) is 0 Å². The number of fused-ring (bicyclic) bond motifs is 1. The van der Waals surface area contributed by atoms with Crippen molar-refractivity contribution < 1.29 is 4.79 Å². The molecule has 2 saturated carbocycles. The second kappa shape index (κ2) is 8.58. The highest BCUT2D eigenvalue weighted by atomic mass is 16.2. The Bertz CT molecular complexity index is 959. The Labute approximate surface area is 178 Å². The summed E-state index contributed by atoms with van der Waals surface area (Å²) in [5.74, 6) is 1.15. The molecule has 0 radical (unpaired) electrons. The summed E-state index contributed by atoms with van der Waals surface area (Å²) in [6, 6.07) is 6.17. The maximum absolute atomic E-state index is 13.4. The van der Waals surface area contributed by atoms with Crippen LogP contribution in [0.5, 0.6) is 0 Å². The van der Waals surface area contributed by atoms with Crippen LogP contribution in [0, 0.1) is 11.8 Å². The van der Waals surface area contributed by atoms with Gasteiger partial charge in [-0.1, -0.05) is 19.3 Å². The van der Waals surface area contributed by atoms with Crippen molar-refractivity contribution in [3.05, 3.63) is 34.2 Å². The fourth-order valence-electron chi connectivity index (χ4n) is 5.27. The number of nitrogens with one attached hydrogen (secondary N) is 2. The van der Waals surface area contributed by atoms with Crippen LogP contribution in [-0.2, 0) is 6.54 Å². The number of imidazole rings is 1. The number of hydrogen-bond acceptors (Lipinski definition) is 3. The normalized spacial score (nSPS) is 21.2. The molecule has 2 aromatic rings. The minimum atomic E-state index is -0.0220. The van der Waals surface area contributed by atoms with Crippen molar-refractivity contribution in [3.63, 3.8) is 0 Å². The summed E-state index contributed by atoms with van der Waals surface area (Å²) in [6.07, 6.45) is 10.5. The molecule has 1 aliphatic heterocycles. The first-order valence-electron chi connectivity index (χ1n) is 11.9. The Hall–Kier alpha value is -2.08. The predicted octanol–water partition coefficient (Wildman–Crippen LogP) is 3.45. The first-order valence-corrected chi connectivity index (χ1v) is 11.9. The van der Waals surface area contributed by atoms with E-state index >= 15 is 0 Å². The van der Waals surface area contributed by atoms with Crippen molar-refractivity contribution in [2.24, 2.45) is 11.8 Å². The molecule has 5 rings (SSSR count). The zero-order chi connectivity index (χ0) is 20.5. The molecule has 1 amide bonds. The number of benzene rings is 1. The minimum absolute atomic E-state index is 0.0220. The topological polar surface area (TPSA) is 68.1 Å². The lowest BCUT2D eigenvalue weighted by Gasteiger charge is -2.23. The van der Waals surface area contributed by atoms with E-state index in [0.717, 1.165) is 62.9 Å². The van der Waals surface area contributed by atoms with E-state index in [1.54, 1.807) is 0 Å². The minimum Gasteiger partial charge on any atom is -0.352 e. The van der Waals surface area contributed by atoms with Crippen molar-refractivity contribution in [2.75, 3.05) is 19.6 Å². The first kappa shape index (κ1) is 19.9. The van der Waals surface area contributed by atoms with Gasteiger partial charge in [-0.2, -0.15) is 0 Å². The highest BCUT2D eigenvalue weighted by molar-refractivity contribution is 5.97. The van der Waals surface area contributed by atoms with Crippen molar-refractivity contribution in [3.8, 4) is 0 Å². The molecule has 6 nitrogen and oxygen atoms in total. The molecule has 1 saturated heterocycles. The third-order valence-electron chi connectivity index (χ3n) is 7.31. The second-order valence-electron chi connectivity index (χ2n) is 9.61. The largest absolute Gasteiger partial charge is 0.352 e. The van der Waals surface area contributed by atoms with Crippen molar-refractivity contribution in [1.29, 1.82) is 0 Å². The molecule has 6 heteroatoms. The lowest BCUT2D eigenvalue weighted by atomic mass is 9.95. The quantitative estimate of drug-likeness (QED) is 0.766. The van der Waals surface area contributed by atoms with Crippen molar-refractivity contribution in [2.45, 2.75) is 70.4 Å². The standard InChI is InChI=1S/C24H34N4O2/c29-23(26-15-17-10-12-25-13-11-17)19-8-9-21-22(14-19)27(16-18-6-7-18)24(30)28(21)20-4-2-1-3-5-20/h8-9,14,17-18,20,25H,1-7,10-13,15-16H2,(H,26,29). The van der Waals surface area contributed by atoms with Gasteiger partial charge < -0.3 is 10.6 Å². The van der Waals surface area contributed by atoms with E-state index in [2.05, 4.69) is 10.6 Å². The van der Waals surface area contributed by atoms with E-state index in [-0.39, 0.29) is 11.6 Å². The molecule has 0 unspecified atom stereocenters. The Morgan fingerprint density at radius 2 is 1.73 bits per heavy atom. The Morgan fingerprint density at radius 3 is 2.47 bits per heavy atom. The summed E-state index contributed by atoms with van der Waals surface area (Å²) in [6.45, 7) is 3.59. The number of piperidine rings is 1. The van der Waals surface area contributed by atoms with Crippen LogP contribution in [0.4, 0.5) is 0 Å². The van der Waals surface area contributed by atoms with E-state index in [0.29, 0.717) is 23.4 Å². The summed E-state index contributed by atoms with van der Waals surface area (Å²) in [5, 5.41) is 6.50. The third-order valence-corrected chi connectivity index (χ3v) is 7.31. The third kappa shape index (κ3) is 4.07. The van der Waals surface area contributed by atoms with E-state index in [1.165, 1.54) is 32.1 Å². The molecule has 0 atom stereocenters. The van der Waals surface area contributed by atoms with Gasteiger partial charge in [-0.15, -0.1) is 0 Å². The van der Waals surface area contributed by atoms with E-state index in [4.69, 9.17) is 0 Å². The van der Waals surface area contributed by atoms with Gasteiger partial charge in [-0.05, 0) is 81.6 Å². The smallest absolute Gasteiger partial charge is 0.329 e. The SMILES string of the molecule is O=C(NCC1CCNCC1)c1ccc2c(c1)n(CC1CC1)c(=O)n2C1CCCCC1. The predicted molar refractivity (Wildman–Crippen MR) is 119 cm³/mol. The summed E-state index contributed by atoms with van der Waals surface area (Å²) in [7, 11) is 0. The molecule has 0 spiro atoms. The zero-order valence-electron chi connectivity index (χ0n) is 17.9. The van der Waals surface area contributed by atoms with Crippen molar-refractivity contribution >= 4 is 16.9 Å². The van der Waals surface area contributed by atoms with E-state index in [1.807, 2.05) is 27.3 Å². The molecule has 1 aromatic carbocycles. The fourth-order valence-corrected chi connectivity index (χ4v) is 5.27. The lowest BCUT2D eigenvalue weighted by Crippen LogP contribution is -2.35. The molecule has 2 N–H and O–H groups in total. The molecule has 2 aliphatic carbocycles. The number of nitrogens with zero attached hydrogens (tertiary/aromatic N) is 2. The molecule has 2 heterocycles. The Kier molecular flexibility index (Phi) is 5.68. The van der Waals surface area contributed by atoms with Gasteiger partial charge in [0.25, 0.3) is 5.91 Å². The molecule has 3 fully saturated rings. The van der Waals surface area contributed by atoms with Gasteiger partial charge in [0, 0.05) is 24.7 Å². The number of carbonyl (C=O) groups excluding carboxylic acids is 1. The van der Waals surface area contributed by atoms with E-state index < -0.39 is 0 Å². The molecular weight excluding hydrogens is 376 g/mol. The summed E-state index contributed by atoms with van der Waals surface area (Å²) >= 11 is 0. The van der Waals surface area contributed by atoms with Crippen molar-refractivity contribution in [1.82, 2.24) is 19.8 Å². The fraction of sp³-hybridized carbons (Fsp3) is 0.667. The van der Waals surface area contributed by atoms with Gasteiger partial charge in [0.05, 0.1) is 11.0 Å². The maximum Gasteiger partial charge on any atom is 0.329 e. The Morgan fingerprint density at radius 1 is 0.967 bits per heavy atom. The van der Waals surface area contributed by atoms with Crippen LogP contribution in [-0.4, -0.2) is 34.7 Å². The lowest BCUT2D eigenvalue weighted by molar-refractivity contribution is 0.0944. The number of hydrogen-bond donors (Lipinski definition) is 2. The van der Waals surface area contributed by atoms with Crippen LogP contribution in [0.15, 0.2) is 23.0 Å². The van der Waals surface area contributed by atoms with Crippen LogP contribution in [0.2, 0.25) is 0 Å². The monoisotopic (exact) mass is 410 g/mol. The average Bonchev–Trinajstić information content (AvgIpc) is 3.57. The number of aromatic nitrogens is 2. The second-order valence-corrected chi connectivity index (χ2v) is 9.61. The Balaban J connectivity index is 1.43. The molecule has 162 valence electrons. The molecule has 1 aromatic heterocycles. The number of amides is 1. The van der Waals surface area contributed by atoms with Crippen LogP contribution in [0.25, 0.3) is 11.0 Å². The molecular formula is C24H34N4O2.